The first kappa shape index (κ1) is 13.2. The molecule has 0 unspecified atom stereocenters. The minimum Gasteiger partial charge on any atom is -0.478 e. The lowest BCUT2D eigenvalue weighted by molar-refractivity contribution is -0.133. The average Bonchev–Trinajstić information content (AvgIpc) is 2.15. The van der Waals surface area contributed by atoms with Crippen LogP contribution in [0.25, 0.3) is 0 Å². The number of urea groups is 1. The van der Waals surface area contributed by atoms with Crippen LogP contribution in [0.4, 0.5) is 4.79 Å². The Kier molecular flexibility index (Phi) is 5.08. The Hall–Kier alpha value is -1.85. The summed E-state index contributed by atoms with van der Waals surface area (Å²) < 4.78 is 0. The van der Waals surface area contributed by atoms with Crippen LogP contribution >= 0.6 is 0 Å². The molecule has 15 heavy (non-hydrogen) atoms. The van der Waals surface area contributed by atoms with Gasteiger partial charge in [0, 0.05) is 17.7 Å². The quantitative estimate of drug-likeness (QED) is 0.587. The summed E-state index contributed by atoms with van der Waals surface area (Å²) in [6, 6.07) is -0.639. The average molecular weight is 214 g/mol. The number of carboxylic acids is 1. The van der Waals surface area contributed by atoms with Gasteiger partial charge in [0.05, 0.1) is 0 Å². The van der Waals surface area contributed by atoms with Crippen LogP contribution in [-0.2, 0) is 9.59 Å². The fourth-order valence-corrected chi connectivity index (χ4v) is 0.732. The second-order valence-corrected chi connectivity index (χ2v) is 2.87. The highest BCUT2D eigenvalue weighted by atomic mass is 16.4. The van der Waals surface area contributed by atoms with Crippen LogP contribution in [0.15, 0.2) is 11.1 Å². The van der Waals surface area contributed by atoms with Gasteiger partial charge in [0.2, 0.25) is 0 Å². The number of hydrogen-bond donors (Lipinski definition) is 3. The first-order chi connectivity index (χ1) is 6.90. The van der Waals surface area contributed by atoms with E-state index in [1.165, 1.54) is 13.8 Å². The summed E-state index contributed by atoms with van der Waals surface area (Å²) in [6.07, 6.45) is 0. The van der Waals surface area contributed by atoms with Gasteiger partial charge >= 0.3 is 12.0 Å². The number of amides is 3. The number of rotatable bonds is 3. The number of imide groups is 1. The standard InChI is InChI=1S/C9H14N2O4/c1-4-10-9(15)11-7(12)5(2)6(3)8(13)14/h4H2,1-3H3,(H,13,14)(H2,10,11,12,15). The molecule has 84 valence electrons. The summed E-state index contributed by atoms with van der Waals surface area (Å²) >= 11 is 0. The molecular weight excluding hydrogens is 200 g/mol. The first-order valence-corrected chi connectivity index (χ1v) is 4.40. The number of aliphatic carboxylic acids is 1. The van der Waals surface area contributed by atoms with Crippen LogP contribution in [0, 0.1) is 0 Å². The highest BCUT2D eigenvalue weighted by Crippen LogP contribution is 2.02. The van der Waals surface area contributed by atoms with Crippen molar-refractivity contribution in [2.24, 2.45) is 0 Å². The molecule has 0 saturated carbocycles. The second-order valence-electron chi connectivity index (χ2n) is 2.87. The molecule has 0 aliphatic rings. The maximum absolute atomic E-state index is 11.3. The smallest absolute Gasteiger partial charge is 0.331 e. The van der Waals surface area contributed by atoms with E-state index in [1.54, 1.807) is 6.92 Å². The van der Waals surface area contributed by atoms with E-state index in [1.807, 2.05) is 5.32 Å². The van der Waals surface area contributed by atoms with E-state index in [9.17, 15) is 14.4 Å². The van der Waals surface area contributed by atoms with Gasteiger partial charge in [-0.25, -0.2) is 9.59 Å². The van der Waals surface area contributed by atoms with Gasteiger partial charge in [-0.05, 0) is 20.8 Å². The highest BCUT2D eigenvalue weighted by Gasteiger charge is 2.14. The number of carbonyl (C=O) groups excluding carboxylic acids is 2. The Balaban J connectivity index is 4.53. The summed E-state index contributed by atoms with van der Waals surface area (Å²) in [5.41, 5.74) is -0.0782. The lowest BCUT2D eigenvalue weighted by Gasteiger charge is -2.05. The minimum absolute atomic E-state index is 0.00810. The lowest BCUT2D eigenvalue weighted by atomic mass is 10.1. The van der Waals surface area contributed by atoms with E-state index in [0.29, 0.717) is 6.54 Å². The van der Waals surface area contributed by atoms with Gasteiger partial charge in [-0.1, -0.05) is 0 Å². The van der Waals surface area contributed by atoms with Crippen molar-refractivity contribution >= 4 is 17.9 Å². The molecule has 3 N–H and O–H groups in total. The van der Waals surface area contributed by atoms with Crippen LogP contribution in [0.3, 0.4) is 0 Å². The second kappa shape index (κ2) is 5.79. The Morgan fingerprint density at radius 3 is 2.07 bits per heavy atom. The first-order valence-electron chi connectivity index (χ1n) is 4.40. The van der Waals surface area contributed by atoms with Crippen LogP contribution in [0.2, 0.25) is 0 Å². The van der Waals surface area contributed by atoms with E-state index in [-0.39, 0.29) is 11.1 Å². The van der Waals surface area contributed by atoms with Crippen molar-refractivity contribution in [3.05, 3.63) is 11.1 Å². The van der Waals surface area contributed by atoms with Crippen LogP contribution in [-0.4, -0.2) is 29.6 Å². The zero-order chi connectivity index (χ0) is 12.0. The predicted molar refractivity (Wildman–Crippen MR) is 53.2 cm³/mol. The topological polar surface area (TPSA) is 95.5 Å². The molecule has 0 bridgehead atoms. The molecule has 0 aromatic carbocycles. The monoisotopic (exact) mass is 214 g/mol. The molecule has 0 radical (unpaired) electrons. The van der Waals surface area contributed by atoms with E-state index in [2.05, 4.69) is 5.32 Å². The Morgan fingerprint density at radius 1 is 1.13 bits per heavy atom. The molecule has 3 amide bonds. The Labute approximate surface area is 87.3 Å². The van der Waals surface area contributed by atoms with Gasteiger partial charge in [0.25, 0.3) is 5.91 Å². The zero-order valence-electron chi connectivity index (χ0n) is 8.88. The van der Waals surface area contributed by atoms with Gasteiger partial charge in [0.1, 0.15) is 0 Å². The summed E-state index contributed by atoms with van der Waals surface area (Å²) in [5, 5.41) is 13.0. The van der Waals surface area contributed by atoms with Gasteiger partial charge in [0.15, 0.2) is 0 Å². The third-order valence-corrected chi connectivity index (χ3v) is 1.79. The van der Waals surface area contributed by atoms with Crippen LogP contribution in [0.5, 0.6) is 0 Å². The molecule has 0 aliphatic carbocycles. The molecule has 6 heteroatoms. The number of hydrogen-bond acceptors (Lipinski definition) is 3. The molecule has 0 heterocycles. The molecule has 0 aliphatic heterocycles. The molecule has 0 rings (SSSR count). The summed E-state index contributed by atoms with van der Waals surface area (Å²) in [7, 11) is 0. The maximum Gasteiger partial charge on any atom is 0.331 e. The third kappa shape index (κ3) is 4.26. The molecule has 0 fully saturated rings. The minimum atomic E-state index is -1.18. The lowest BCUT2D eigenvalue weighted by Crippen LogP contribution is -2.40. The fourth-order valence-electron chi connectivity index (χ4n) is 0.732. The van der Waals surface area contributed by atoms with Crippen molar-refractivity contribution in [3.8, 4) is 0 Å². The molecular formula is C9H14N2O4. The van der Waals surface area contributed by atoms with E-state index in [0.717, 1.165) is 0 Å². The Bertz CT molecular complexity index is 320. The number of carboxylic acid groups (broad SMARTS) is 1. The largest absolute Gasteiger partial charge is 0.478 e. The summed E-state index contributed by atoms with van der Waals surface area (Å²) in [5.74, 6) is -1.89. The molecule has 0 aromatic rings. The molecule has 6 nitrogen and oxygen atoms in total. The normalized spacial score (nSPS) is 11.4. The number of carbonyl (C=O) groups is 3. The number of nitrogens with one attached hydrogen (secondary N) is 2. The van der Waals surface area contributed by atoms with Crippen LogP contribution < -0.4 is 10.6 Å². The van der Waals surface area contributed by atoms with Crippen LogP contribution in [0.1, 0.15) is 20.8 Å². The van der Waals surface area contributed by atoms with Crippen molar-refractivity contribution in [1.29, 1.82) is 0 Å². The molecule has 0 spiro atoms. The highest BCUT2D eigenvalue weighted by molar-refractivity contribution is 6.07. The van der Waals surface area contributed by atoms with Crippen molar-refractivity contribution in [2.45, 2.75) is 20.8 Å². The van der Waals surface area contributed by atoms with E-state index >= 15 is 0 Å². The summed E-state index contributed by atoms with van der Waals surface area (Å²) in [6.45, 7) is 4.74. The molecule has 0 atom stereocenters. The zero-order valence-corrected chi connectivity index (χ0v) is 8.88. The fraction of sp³-hybridized carbons (Fsp3) is 0.444. The van der Waals surface area contributed by atoms with Crippen molar-refractivity contribution in [1.82, 2.24) is 10.6 Å². The van der Waals surface area contributed by atoms with Gasteiger partial charge in [-0.2, -0.15) is 0 Å². The Morgan fingerprint density at radius 2 is 1.67 bits per heavy atom. The molecule has 0 saturated heterocycles. The van der Waals surface area contributed by atoms with E-state index < -0.39 is 17.9 Å². The van der Waals surface area contributed by atoms with Crippen molar-refractivity contribution < 1.29 is 19.5 Å². The molecule has 0 aromatic heterocycles. The predicted octanol–water partition coefficient (Wildman–Crippen LogP) is 0.253. The van der Waals surface area contributed by atoms with Crippen molar-refractivity contribution in [2.75, 3.05) is 6.54 Å². The van der Waals surface area contributed by atoms with E-state index in [4.69, 9.17) is 5.11 Å². The van der Waals surface area contributed by atoms with Gasteiger partial charge in [-0.15, -0.1) is 0 Å². The summed E-state index contributed by atoms with van der Waals surface area (Å²) in [4.78, 5) is 32.7. The maximum atomic E-state index is 11.3. The van der Waals surface area contributed by atoms with Gasteiger partial charge in [-0.3, -0.25) is 10.1 Å². The van der Waals surface area contributed by atoms with Gasteiger partial charge < -0.3 is 10.4 Å². The third-order valence-electron chi connectivity index (χ3n) is 1.79. The SMILES string of the molecule is CCNC(=O)NC(=O)C(C)=C(C)C(=O)O. The van der Waals surface area contributed by atoms with Crippen molar-refractivity contribution in [3.63, 3.8) is 0 Å².